The molecule has 7 rings (SSSR count). The van der Waals surface area contributed by atoms with E-state index in [0.29, 0.717) is 6.54 Å². The summed E-state index contributed by atoms with van der Waals surface area (Å²) in [4.78, 5) is 30.0. The molecule has 5 heterocycles. The summed E-state index contributed by atoms with van der Waals surface area (Å²) in [5.41, 5.74) is 21.3. The topological polar surface area (TPSA) is 121 Å². The van der Waals surface area contributed by atoms with Gasteiger partial charge in [0, 0.05) is 51.2 Å². The number of nitrogens with one attached hydrogen (secondary N) is 2. The van der Waals surface area contributed by atoms with Gasteiger partial charge in [-0.2, -0.15) is 0 Å². The van der Waals surface area contributed by atoms with Crippen LogP contribution in [0.2, 0.25) is 0 Å². The van der Waals surface area contributed by atoms with Gasteiger partial charge in [-0.05, 0) is 110 Å². The lowest BCUT2D eigenvalue weighted by molar-refractivity contribution is -0.143. The van der Waals surface area contributed by atoms with Crippen molar-refractivity contribution in [3.05, 3.63) is 69.3 Å². The number of aromatic nitrogens is 4. The normalized spacial score (nSPS) is 24.6. The van der Waals surface area contributed by atoms with E-state index in [0.717, 1.165) is 74.4 Å². The number of fused-ring (bicyclic) bond motifs is 15. The molecule has 0 spiro atoms. The number of aliphatic carboxylic acids is 1. The van der Waals surface area contributed by atoms with Crippen LogP contribution in [0.5, 0.6) is 0 Å². The lowest BCUT2D eigenvalue weighted by atomic mass is 9.76. The highest BCUT2D eigenvalue weighted by atomic mass is 16.4. The van der Waals surface area contributed by atoms with Gasteiger partial charge in [0.05, 0.1) is 17.3 Å². The van der Waals surface area contributed by atoms with Crippen LogP contribution in [0.3, 0.4) is 0 Å². The predicted octanol–water partition coefficient (Wildman–Crippen LogP) is 6.26. The zero-order chi connectivity index (χ0) is 28.2. The third kappa shape index (κ3) is 3.43. The number of H-pyrrole nitrogens is 2. The fraction of sp³-hybridized carbons (Fsp3) is 0.424. The summed E-state index contributed by atoms with van der Waals surface area (Å²) in [6, 6.07) is 8.68. The molecule has 0 amide bonds. The average molecular weight is 536 g/mol. The van der Waals surface area contributed by atoms with Gasteiger partial charge in [-0.15, -0.1) is 0 Å². The molecule has 206 valence electrons. The van der Waals surface area contributed by atoms with Crippen molar-refractivity contribution in [2.75, 3.05) is 6.54 Å². The van der Waals surface area contributed by atoms with E-state index in [1.165, 1.54) is 16.7 Å². The molecule has 4 atom stereocenters. The van der Waals surface area contributed by atoms with Crippen LogP contribution in [0.25, 0.3) is 33.2 Å². The molecule has 7 nitrogen and oxygen atoms in total. The molecule has 1 saturated carbocycles. The van der Waals surface area contributed by atoms with Crippen molar-refractivity contribution in [1.82, 2.24) is 19.9 Å². The van der Waals surface area contributed by atoms with Crippen LogP contribution in [0.4, 0.5) is 0 Å². The highest BCUT2D eigenvalue weighted by Gasteiger charge is 2.55. The number of hydrogen-bond donors (Lipinski definition) is 4. The third-order valence-electron chi connectivity index (χ3n) is 10.3. The maximum absolute atomic E-state index is 12.4. The van der Waals surface area contributed by atoms with Crippen molar-refractivity contribution in [1.29, 1.82) is 0 Å². The molecule has 3 aromatic rings. The van der Waals surface area contributed by atoms with Crippen molar-refractivity contribution in [2.45, 2.75) is 71.6 Å². The Morgan fingerprint density at radius 1 is 0.900 bits per heavy atom. The van der Waals surface area contributed by atoms with Crippen LogP contribution in [0, 0.1) is 25.7 Å². The highest BCUT2D eigenvalue weighted by Crippen LogP contribution is 2.61. The summed E-state index contributed by atoms with van der Waals surface area (Å²) in [6.45, 7) is 13.4. The smallest absolute Gasteiger partial charge is 0.307 e. The zero-order valence-corrected chi connectivity index (χ0v) is 24.1. The number of carboxylic acids is 1. The second-order valence-corrected chi connectivity index (χ2v) is 13.0. The maximum Gasteiger partial charge on any atom is 0.307 e. The largest absolute Gasteiger partial charge is 0.481 e. The minimum Gasteiger partial charge on any atom is -0.481 e. The number of nitrogens with zero attached hydrogens (tertiary/aromatic N) is 2. The molecule has 10 bridgehead atoms. The molecule has 2 aliphatic carbocycles. The molecule has 2 aliphatic heterocycles. The van der Waals surface area contributed by atoms with Crippen molar-refractivity contribution in [3.63, 3.8) is 0 Å². The van der Waals surface area contributed by atoms with E-state index in [9.17, 15) is 9.90 Å². The van der Waals surface area contributed by atoms with Crippen molar-refractivity contribution in [3.8, 4) is 0 Å². The van der Waals surface area contributed by atoms with Gasteiger partial charge in [0.25, 0.3) is 0 Å². The molecule has 5 N–H and O–H groups in total. The molecule has 1 fully saturated rings. The fourth-order valence-electron chi connectivity index (χ4n) is 7.80. The lowest BCUT2D eigenvalue weighted by Gasteiger charge is -2.27. The predicted molar refractivity (Wildman–Crippen MR) is 159 cm³/mol. The lowest BCUT2D eigenvalue weighted by Crippen LogP contribution is -2.33. The summed E-state index contributed by atoms with van der Waals surface area (Å²) in [7, 11) is 0. The molecule has 0 radical (unpaired) electrons. The first-order valence-electron chi connectivity index (χ1n) is 14.3. The van der Waals surface area contributed by atoms with Crippen molar-refractivity contribution >= 4 is 39.2 Å². The van der Waals surface area contributed by atoms with Gasteiger partial charge >= 0.3 is 5.97 Å². The van der Waals surface area contributed by atoms with Gasteiger partial charge < -0.3 is 20.8 Å². The summed E-state index contributed by atoms with van der Waals surface area (Å²) < 4.78 is 0. The Kier molecular flexibility index (Phi) is 5.31. The zero-order valence-electron chi connectivity index (χ0n) is 24.1. The quantitative estimate of drug-likeness (QED) is 0.309. The Morgan fingerprint density at radius 2 is 1.48 bits per heavy atom. The van der Waals surface area contributed by atoms with Gasteiger partial charge in [-0.1, -0.05) is 13.8 Å². The van der Waals surface area contributed by atoms with E-state index in [1.807, 2.05) is 0 Å². The summed E-state index contributed by atoms with van der Waals surface area (Å²) >= 11 is 0. The van der Waals surface area contributed by atoms with Crippen LogP contribution >= 0.6 is 0 Å². The number of rotatable bonds is 2. The van der Waals surface area contributed by atoms with E-state index in [4.69, 9.17) is 15.7 Å². The number of hydrogen-bond acceptors (Lipinski definition) is 4. The van der Waals surface area contributed by atoms with Gasteiger partial charge in [-0.25, -0.2) is 4.98 Å². The van der Waals surface area contributed by atoms with Gasteiger partial charge in [0.15, 0.2) is 0 Å². The average Bonchev–Trinajstić information content (AvgIpc) is 3.70. The van der Waals surface area contributed by atoms with Crippen LogP contribution in [0.15, 0.2) is 24.3 Å². The SMILES string of the molecule is CC1=C(C)c2cc3[nH]c(cc4nc(cc5[nH]c(cc1n2)c(C)c5C)CC4(C)C)c1c3[C@H]2C[C@@H]1[C@H](CN)[C@H]2C(=O)O. The number of allylic oxidation sites excluding steroid dienone is 2. The molecule has 4 aliphatic rings. The molecule has 7 heteroatoms. The number of aryl methyl sites for hydroxylation is 2. The monoisotopic (exact) mass is 535 g/mol. The first-order valence-corrected chi connectivity index (χ1v) is 14.3. The standard InChI is InChI=1S/C33H37N5O2/c1-14-15(2)23-9-24-16(3)17(4)25(37-24)10-26-31-20-8-19(21(13-34)29(20)32(39)40)30(31)27(38-26)11-28-33(5,6)12-18(35-28)7-22(14)36-23/h7,9-11,19-21,29,36,38H,8,12-13,34H2,1-6H3,(H,39,40)/t19-,20+,21+,29+/m1/s1. The maximum atomic E-state index is 12.4. The van der Waals surface area contributed by atoms with E-state index in [-0.39, 0.29) is 23.2 Å². The Balaban J connectivity index is 1.62. The van der Waals surface area contributed by atoms with E-state index < -0.39 is 11.9 Å². The van der Waals surface area contributed by atoms with Crippen LogP contribution in [-0.4, -0.2) is 37.6 Å². The summed E-state index contributed by atoms with van der Waals surface area (Å²) in [5, 5.41) is 10.2. The third-order valence-corrected chi connectivity index (χ3v) is 10.3. The van der Waals surface area contributed by atoms with Crippen molar-refractivity contribution in [2.24, 2.45) is 17.6 Å². The van der Waals surface area contributed by atoms with Gasteiger partial charge in [0.2, 0.25) is 0 Å². The first-order chi connectivity index (χ1) is 19.0. The number of nitrogens with two attached hydrogens (primary N) is 1. The number of carboxylic acid groups (broad SMARTS) is 1. The minimum atomic E-state index is -0.744. The summed E-state index contributed by atoms with van der Waals surface area (Å²) in [5.74, 6) is -1.21. The minimum absolute atomic E-state index is 0.0585. The second-order valence-electron chi connectivity index (χ2n) is 13.0. The van der Waals surface area contributed by atoms with Crippen LogP contribution < -0.4 is 5.73 Å². The molecule has 40 heavy (non-hydrogen) atoms. The van der Waals surface area contributed by atoms with Crippen LogP contribution in [0.1, 0.15) is 91.0 Å². The molecule has 0 unspecified atom stereocenters. The molecule has 0 aromatic carbocycles. The van der Waals surface area contributed by atoms with E-state index >= 15 is 0 Å². The Labute approximate surface area is 234 Å². The number of aromatic amines is 2. The highest BCUT2D eigenvalue weighted by molar-refractivity contribution is 5.92. The number of carbonyl (C=O) groups is 1. The first kappa shape index (κ1) is 25.3. The Morgan fingerprint density at radius 3 is 2.12 bits per heavy atom. The summed E-state index contributed by atoms with van der Waals surface area (Å²) in [6.07, 6.45) is 1.68. The van der Waals surface area contributed by atoms with Crippen LogP contribution in [-0.2, 0) is 16.6 Å². The van der Waals surface area contributed by atoms with Crippen molar-refractivity contribution < 1.29 is 9.90 Å². The molecule has 0 saturated heterocycles. The van der Waals surface area contributed by atoms with E-state index in [2.05, 4.69) is 75.8 Å². The van der Waals surface area contributed by atoms with E-state index in [1.54, 1.807) is 0 Å². The van der Waals surface area contributed by atoms with Gasteiger partial charge in [0.1, 0.15) is 0 Å². The Bertz CT molecular complexity index is 1820. The van der Waals surface area contributed by atoms with Gasteiger partial charge in [-0.3, -0.25) is 9.78 Å². The second kappa shape index (κ2) is 8.40. The molecule has 3 aromatic heterocycles. The molecular formula is C33H37N5O2. The fourth-order valence-corrected chi connectivity index (χ4v) is 7.80. The Hall–Kier alpha value is -3.71. The molecular weight excluding hydrogens is 498 g/mol.